The molecular formula is C14H10ClFN2O2S. The fourth-order valence-electron chi connectivity index (χ4n) is 1.87. The second kappa shape index (κ2) is 5.72. The summed E-state index contributed by atoms with van der Waals surface area (Å²) < 4.78 is 38.0. The van der Waals surface area contributed by atoms with Crippen LogP contribution in [0.15, 0.2) is 41.3 Å². The minimum absolute atomic E-state index is 0.0549. The number of nitrogens with zero attached hydrogens (tertiary/aromatic N) is 1. The molecule has 0 radical (unpaired) electrons. The Kier molecular flexibility index (Phi) is 4.16. The first-order chi connectivity index (χ1) is 9.81. The van der Waals surface area contributed by atoms with Crippen molar-refractivity contribution < 1.29 is 12.8 Å². The number of nitrogen functional groups attached to an aromatic ring is 1. The van der Waals surface area contributed by atoms with E-state index in [0.717, 1.165) is 12.1 Å². The van der Waals surface area contributed by atoms with Crippen LogP contribution in [0.2, 0.25) is 5.02 Å². The van der Waals surface area contributed by atoms with Gasteiger partial charge in [-0.15, -0.1) is 0 Å². The molecule has 4 nitrogen and oxygen atoms in total. The lowest BCUT2D eigenvalue weighted by Crippen LogP contribution is -2.08. The lowest BCUT2D eigenvalue weighted by molar-refractivity contribution is 0.595. The van der Waals surface area contributed by atoms with Gasteiger partial charge in [-0.25, -0.2) is 12.8 Å². The molecule has 7 heteroatoms. The number of rotatable bonds is 3. The number of benzene rings is 2. The SMILES string of the molecule is N#Cc1cc(F)cc(CS(=O)(=O)c2cc(Cl)ccc2N)c1. The first kappa shape index (κ1) is 15.3. The van der Waals surface area contributed by atoms with Crippen LogP contribution < -0.4 is 5.73 Å². The summed E-state index contributed by atoms with van der Waals surface area (Å²) in [5.74, 6) is -1.14. The predicted octanol–water partition coefficient (Wildman–Crippen LogP) is 2.91. The van der Waals surface area contributed by atoms with Crippen molar-refractivity contribution >= 4 is 27.1 Å². The van der Waals surface area contributed by atoms with Gasteiger partial charge < -0.3 is 5.73 Å². The van der Waals surface area contributed by atoms with Crippen LogP contribution in [0, 0.1) is 17.1 Å². The minimum atomic E-state index is -3.79. The zero-order valence-electron chi connectivity index (χ0n) is 10.7. The average molecular weight is 325 g/mol. The fourth-order valence-corrected chi connectivity index (χ4v) is 3.60. The molecule has 0 saturated carbocycles. The van der Waals surface area contributed by atoms with Gasteiger partial charge in [-0.1, -0.05) is 11.6 Å². The molecule has 0 spiro atoms. The highest BCUT2D eigenvalue weighted by molar-refractivity contribution is 7.90. The largest absolute Gasteiger partial charge is 0.398 e. The highest BCUT2D eigenvalue weighted by atomic mass is 35.5. The molecule has 0 aliphatic carbocycles. The third-order valence-corrected chi connectivity index (χ3v) is 4.73. The first-order valence-corrected chi connectivity index (χ1v) is 7.82. The van der Waals surface area contributed by atoms with E-state index in [1.54, 1.807) is 6.07 Å². The number of anilines is 1. The van der Waals surface area contributed by atoms with Gasteiger partial charge >= 0.3 is 0 Å². The van der Waals surface area contributed by atoms with Crippen molar-refractivity contribution in [3.8, 4) is 6.07 Å². The van der Waals surface area contributed by atoms with Gasteiger partial charge in [0.05, 0.1) is 28.0 Å². The number of nitriles is 1. The van der Waals surface area contributed by atoms with Crippen LogP contribution in [0.4, 0.5) is 10.1 Å². The van der Waals surface area contributed by atoms with Crippen molar-refractivity contribution in [2.75, 3.05) is 5.73 Å². The molecule has 108 valence electrons. The Morgan fingerprint density at radius 1 is 1.24 bits per heavy atom. The van der Waals surface area contributed by atoms with Crippen molar-refractivity contribution in [3.63, 3.8) is 0 Å². The molecule has 0 bridgehead atoms. The van der Waals surface area contributed by atoms with E-state index in [-0.39, 0.29) is 26.7 Å². The van der Waals surface area contributed by atoms with Gasteiger partial charge in [0.2, 0.25) is 0 Å². The summed E-state index contributed by atoms with van der Waals surface area (Å²) in [5.41, 5.74) is 5.94. The van der Waals surface area contributed by atoms with Gasteiger partial charge in [0, 0.05) is 5.02 Å². The molecule has 0 aromatic heterocycles. The van der Waals surface area contributed by atoms with Crippen LogP contribution in [0.1, 0.15) is 11.1 Å². The fraction of sp³-hybridized carbons (Fsp3) is 0.0714. The Bertz CT molecular complexity index is 845. The van der Waals surface area contributed by atoms with Gasteiger partial charge in [0.25, 0.3) is 0 Å². The molecule has 2 aromatic rings. The van der Waals surface area contributed by atoms with Crippen LogP contribution in [0.25, 0.3) is 0 Å². The quantitative estimate of drug-likeness (QED) is 0.880. The first-order valence-electron chi connectivity index (χ1n) is 5.79. The minimum Gasteiger partial charge on any atom is -0.398 e. The summed E-state index contributed by atoms with van der Waals surface area (Å²) in [6.07, 6.45) is 0. The maximum atomic E-state index is 13.3. The Morgan fingerprint density at radius 2 is 1.95 bits per heavy atom. The third kappa shape index (κ3) is 3.51. The number of hydrogen-bond donors (Lipinski definition) is 1. The van der Waals surface area contributed by atoms with E-state index in [4.69, 9.17) is 22.6 Å². The molecule has 0 aliphatic heterocycles. The van der Waals surface area contributed by atoms with Crippen LogP contribution >= 0.6 is 11.6 Å². The molecule has 21 heavy (non-hydrogen) atoms. The summed E-state index contributed by atoms with van der Waals surface area (Å²) in [4.78, 5) is -0.113. The number of sulfone groups is 1. The zero-order valence-corrected chi connectivity index (χ0v) is 12.2. The van der Waals surface area contributed by atoms with Crippen LogP contribution in [0.5, 0.6) is 0 Å². The Hall–Kier alpha value is -2.10. The van der Waals surface area contributed by atoms with Gasteiger partial charge in [-0.2, -0.15) is 5.26 Å². The molecule has 2 aromatic carbocycles. The predicted molar refractivity (Wildman–Crippen MR) is 77.9 cm³/mol. The van der Waals surface area contributed by atoms with E-state index >= 15 is 0 Å². The molecule has 0 saturated heterocycles. The average Bonchev–Trinajstić information content (AvgIpc) is 2.40. The molecule has 0 unspecified atom stereocenters. The summed E-state index contributed by atoms with van der Waals surface area (Å²) in [5, 5.41) is 9.01. The Labute approximate surface area is 126 Å². The molecule has 2 rings (SSSR count). The van der Waals surface area contributed by atoms with E-state index < -0.39 is 21.4 Å². The molecule has 2 N–H and O–H groups in total. The lowest BCUT2D eigenvalue weighted by Gasteiger charge is -2.08. The van der Waals surface area contributed by atoms with Crippen molar-refractivity contribution in [2.45, 2.75) is 10.6 Å². The van der Waals surface area contributed by atoms with Crippen LogP contribution in [-0.2, 0) is 15.6 Å². The third-order valence-electron chi connectivity index (χ3n) is 2.75. The molecule has 0 heterocycles. The van der Waals surface area contributed by atoms with Gasteiger partial charge in [0.1, 0.15) is 5.82 Å². The van der Waals surface area contributed by atoms with E-state index in [9.17, 15) is 12.8 Å². The number of nitrogens with two attached hydrogens (primary N) is 1. The molecule has 0 amide bonds. The lowest BCUT2D eigenvalue weighted by atomic mass is 10.1. The number of halogens is 2. The molecular weight excluding hydrogens is 315 g/mol. The number of hydrogen-bond acceptors (Lipinski definition) is 4. The van der Waals surface area contributed by atoms with Crippen LogP contribution in [-0.4, -0.2) is 8.42 Å². The summed E-state index contributed by atoms with van der Waals surface area (Å²) >= 11 is 5.78. The summed E-state index contributed by atoms with van der Waals surface area (Å²) in [7, 11) is -3.79. The molecule has 0 atom stereocenters. The highest BCUT2D eigenvalue weighted by Crippen LogP contribution is 2.26. The monoisotopic (exact) mass is 324 g/mol. The zero-order chi connectivity index (χ0) is 15.6. The molecule has 0 aliphatic rings. The van der Waals surface area contributed by atoms with Crippen LogP contribution in [0.3, 0.4) is 0 Å². The van der Waals surface area contributed by atoms with Crippen molar-refractivity contribution in [1.82, 2.24) is 0 Å². The Morgan fingerprint density at radius 3 is 2.62 bits per heavy atom. The van der Waals surface area contributed by atoms with E-state index in [1.807, 2.05) is 0 Å². The van der Waals surface area contributed by atoms with Gasteiger partial charge in [-0.05, 0) is 42.0 Å². The highest BCUT2D eigenvalue weighted by Gasteiger charge is 2.19. The second-order valence-electron chi connectivity index (χ2n) is 4.40. The van der Waals surface area contributed by atoms with E-state index in [1.165, 1.54) is 24.3 Å². The van der Waals surface area contributed by atoms with Crippen molar-refractivity contribution in [2.24, 2.45) is 0 Å². The van der Waals surface area contributed by atoms with E-state index in [2.05, 4.69) is 0 Å². The maximum absolute atomic E-state index is 13.3. The van der Waals surface area contributed by atoms with E-state index in [0.29, 0.717) is 0 Å². The summed E-state index contributed by atoms with van der Waals surface area (Å²) in [6.45, 7) is 0. The molecule has 0 fully saturated rings. The van der Waals surface area contributed by atoms with Crippen molar-refractivity contribution in [1.29, 1.82) is 5.26 Å². The van der Waals surface area contributed by atoms with Crippen molar-refractivity contribution in [3.05, 3.63) is 58.4 Å². The van der Waals surface area contributed by atoms with Gasteiger partial charge in [0.15, 0.2) is 9.84 Å². The maximum Gasteiger partial charge on any atom is 0.184 e. The topological polar surface area (TPSA) is 84.0 Å². The normalized spacial score (nSPS) is 11.1. The summed E-state index contributed by atoms with van der Waals surface area (Å²) in [6, 6.07) is 9.31. The second-order valence-corrected chi connectivity index (χ2v) is 6.80. The Balaban J connectivity index is 2.45. The van der Waals surface area contributed by atoms with Gasteiger partial charge in [-0.3, -0.25) is 0 Å². The smallest absolute Gasteiger partial charge is 0.184 e. The standard InChI is InChI=1S/C14H10ClFN2O2S/c15-11-1-2-13(18)14(6-11)21(19,20)8-10-3-9(7-17)4-12(16)5-10/h1-6H,8,18H2.